The van der Waals surface area contributed by atoms with E-state index in [1.165, 1.54) is 6.42 Å². The van der Waals surface area contributed by atoms with Gasteiger partial charge in [-0.1, -0.05) is 13.8 Å². The van der Waals surface area contributed by atoms with Crippen LogP contribution in [0.15, 0.2) is 0 Å². The monoisotopic (exact) mass is 225 g/mol. The van der Waals surface area contributed by atoms with Crippen LogP contribution < -0.4 is 11.1 Å². The molecule has 0 radical (unpaired) electrons. The van der Waals surface area contributed by atoms with E-state index in [-0.39, 0.29) is 17.9 Å². The molecular weight excluding hydrogens is 202 g/mol. The van der Waals surface area contributed by atoms with Crippen LogP contribution in [-0.2, 0) is 4.79 Å². The van der Waals surface area contributed by atoms with Gasteiger partial charge in [0.15, 0.2) is 0 Å². The van der Waals surface area contributed by atoms with Crippen molar-refractivity contribution in [3.05, 3.63) is 0 Å². The van der Waals surface area contributed by atoms with E-state index in [0.29, 0.717) is 11.8 Å². The SMILES string of the molecule is CC(C)[C@H](N)C(=O)N1CC2CNCC(C2)C1. The van der Waals surface area contributed by atoms with E-state index in [1.807, 2.05) is 18.7 Å². The second-order valence-corrected chi connectivity index (χ2v) is 5.64. The Morgan fingerprint density at radius 2 is 1.88 bits per heavy atom. The topological polar surface area (TPSA) is 58.4 Å². The number of hydrogen-bond acceptors (Lipinski definition) is 3. The smallest absolute Gasteiger partial charge is 0.239 e. The molecule has 0 saturated carbocycles. The average molecular weight is 225 g/mol. The number of fused-ring (bicyclic) bond motifs is 2. The third-order valence-corrected chi connectivity index (χ3v) is 3.80. The molecule has 2 rings (SSSR count). The molecule has 2 saturated heterocycles. The van der Waals surface area contributed by atoms with Crippen molar-refractivity contribution in [2.24, 2.45) is 23.5 Å². The number of nitrogens with zero attached hydrogens (tertiary/aromatic N) is 1. The highest BCUT2D eigenvalue weighted by atomic mass is 16.2. The van der Waals surface area contributed by atoms with Crippen molar-refractivity contribution in [1.29, 1.82) is 0 Å². The van der Waals surface area contributed by atoms with Crippen molar-refractivity contribution in [3.63, 3.8) is 0 Å². The maximum Gasteiger partial charge on any atom is 0.239 e. The van der Waals surface area contributed by atoms with Gasteiger partial charge >= 0.3 is 0 Å². The quantitative estimate of drug-likeness (QED) is 0.697. The lowest BCUT2D eigenvalue weighted by molar-refractivity contribution is -0.137. The summed E-state index contributed by atoms with van der Waals surface area (Å²) in [5.41, 5.74) is 5.93. The van der Waals surface area contributed by atoms with E-state index in [0.717, 1.165) is 26.2 Å². The fraction of sp³-hybridized carbons (Fsp3) is 0.917. The first-order valence-corrected chi connectivity index (χ1v) is 6.33. The van der Waals surface area contributed by atoms with Gasteiger partial charge in [0.2, 0.25) is 5.91 Å². The van der Waals surface area contributed by atoms with E-state index < -0.39 is 0 Å². The second-order valence-electron chi connectivity index (χ2n) is 5.64. The number of carbonyl (C=O) groups excluding carboxylic acids is 1. The van der Waals surface area contributed by atoms with Gasteiger partial charge in [-0.15, -0.1) is 0 Å². The molecule has 3 N–H and O–H groups in total. The minimum absolute atomic E-state index is 0.145. The van der Waals surface area contributed by atoms with Gasteiger partial charge in [0, 0.05) is 13.1 Å². The number of nitrogens with two attached hydrogens (primary N) is 1. The summed E-state index contributed by atoms with van der Waals surface area (Å²) in [5.74, 6) is 1.64. The summed E-state index contributed by atoms with van der Waals surface area (Å²) in [6.45, 7) is 7.91. The van der Waals surface area contributed by atoms with Gasteiger partial charge in [-0.25, -0.2) is 0 Å². The molecule has 0 aromatic rings. The summed E-state index contributed by atoms with van der Waals surface area (Å²) in [6.07, 6.45) is 1.27. The summed E-state index contributed by atoms with van der Waals surface area (Å²) in [6, 6.07) is -0.327. The number of amides is 1. The Morgan fingerprint density at radius 3 is 2.38 bits per heavy atom. The molecule has 0 spiro atoms. The summed E-state index contributed by atoms with van der Waals surface area (Å²) < 4.78 is 0. The molecule has 2 unspecified atom stereocenters. The van der Waals surface area contributed by atoms with Gasteiger partial charge < -0.3 is 16.0 Å². The Kier molecular flexibility index (Phi) is 3.50. The fourth-order valence-electron chi connectivity index (χ4n) is 2.78. The van der Waals surface area contributed by atoms with Crippen LogP contribution in [0.4, 0.5) is 0 Å². The molecule has 4 nitrogen and oxygen atoms in total. The molecule has 2 heterocycles. The lowest BCUT2D eigenvalue weighted by Crippen LogP contribution is -2.56. The molecule has 4 heteroatoms. The van der Waals surface area contributed by atoms with Gasteiger partial charge in [-0.05, 0) is 37.3 Å². The van der Waals surface area contributed by atoms with Crippen LogP contribution >= 0.6 is 0 Å². The highest BCUT2D eigenvalue weighted by molar-refractivity contribution is 5.82. The molecule has 3 atom stereocenters. The molecular formula is C12H23N3O. The Hall–Kier alpha value is -0.610. The highest BCUT2D eigenvalue weighted by Crippen LogP contribution is 2.25. The van der Waals surface area contributed by atoms with Crippen molar-refractivity contribution in [2.45, 2.75) is 26.3 Å². The molecule has 1 amide bonds. The molecule has 2 aliphatic rings. The largest absolute Gasteiger partial charge is 0.341 e. The van der Waals surface area contributed by atoms with Crippen LogP contribution in [0.25, 0.3) is 0 Å². The minimum Gasteiger partial charge on any atom is -0.341 e. The zero-order valence-electron chi connectivity index (χ0n) is 10.3. The molecule has 2 bridgehead atoms. The lowest BCUT2D eigenvalue weighted by atomic mass is 9.85. The molecule has 2 fully saturated rings. The van der Waals surface area contributed by atoms with Gasteiger partial charge in [-0.2, -0.15) is 0 Å². The summed E-state index contributed by atoms with van der Waals surface area (Å²) >= 11 is 0. The molecule has 0 aliphatic carbocycles. The Labute approximate surface area is 97.6 Å². The highest BCUT2D eigenvalue weighted by Gasteiger charge is 2.34. The van der Waals surface area contributed by atoms with Gasteiger partial charge in [0.05, 0.1) is 6.04 Å². The first-order chi connectivity index (χ1) is 7.58. The number of hydrogen-bond donors (Lipinski definition) is 2. The van der Waals surface area contributed by atoms with Gasteiger partial charge in [-0.3, -0.25) is 4.79 Å². The van der Waals surface area contributed by atoms with Crippen LogP contribution in [0.3, 0.4) is 0 Å². The Bertz CT molecular complexity index is 255. The molecule has 92 valence electrons. The number of nitrogens with one attached hydrogen (secondary N) is 1. The standard InChI is InChI=1S/C12H23N3O/c1-8(2)11(13)12(16)15-6-9-3-10(7-15)5-14-4-9/h8-11,14H,3-7,13H2,1-2H3/t9?,10?,11-/m0/s1. The van der Waals surface area contributed by atoms with Crippen molar-refractivity contribution in [1.82, 2.24) is 10.2 Å². The Balaban J connectivity index is 1.97. The van der Waals surface area contributed by atoms with Crippen LogP contribution in [-0.4, -0.2) is 43.0 Å². The fourth-order valence-corrected chi connectivity index (χ4v) is 2.78. The van der Waals surface area contributed by atoms with Crippen LogP contribution in [0.2, 0.25) is 0 Å². The predicted molar refractivity (Wildman–Crippen MR) is 63.9 cm³/mol. The lowest BCUT2D eigenvalue weighted by Gasteiger charge is -2.42. The zero-order chi connectivity index (χ0) is 11.7. The minimum atomic E-state index is -0.327. The van der Waals surface area contributed by atoms with Gasteiger partial charge in [0.1, 0.15) is 0 Å². The summed E-state index contributed by atoms with van der Waals surface area (Å²) in [5, 5.41) is 3.43. The van der Waals surface area contributed by atoms with Crippen molar-refractivity contribution in [2.75, 3.05) is 26.2 Å². The third kappa shape index (κ3) is 2.38. The number of likely N-dealkylation sites (tertiary alicyclic amines) is 1. The number of rotatable bonds is 2. The maximum atomic E-state index is 12.2. The van der Waals surface area contributed by atoms with Crippen molar-refractivity contribution in [3.8, 4) is 0 Å². The van der Waals surface area contributed by atoms with E-state index >= 15 is 0 Å². The molecule has 0 aromatic heterocycles. The summed E-state index contributed by atoms with van der Waals surface area (Å²) in [7, 11) is 0. The van der Waals surface area contributed by atoms with E-state index in [4.69, 9.17) is 5.73 Å². The second kappa shape index (κ2) is 4.72. The molecule has 0 aromatic carbocycles. The first kappa shape index (κ1) is 11.9. The summed E-state index contributed by atoms with van der Waals surface area (Å²) in [4.78, 5) is 14.1. The molecule has 16 heavy (non-hydrogen) atoms. The third-order valence-electron chi connectivity index (χ3n) is 3.80. The van der Waals surface area contributed by atoms with Crippen LogP contribution in [0.5, 0.6) is 0 Å². The van der Waals surface area contributed by atoms with Crippen LogP contribution in [0, 0.1) is 17.8 Å². The van der Waals surface area contributed by atoms with E-state index in [9.17, 15) is 4.79 Å². The first-order valence-electron chi connectivity index (χ1n) is 6.33. The molecule has 2 aliphatic heterocycles. The van der Waals surface area contributed by atoms with Gasteiger partial charge in [0.25, 0.3) is 0 Å². The van der Waals surface area contributed by atoms with E-state index in [2.05, 4.69) is 5.32 Å². The number of carbonyl (C=O) groups is 1. The predicted octanol–water partition coefficient (Wildman–Crippen LogP) is 0.0376. The zero-order valence-corrected chi connectivity index (χ0v) is 10.3. The Morgan fingerprint density at radius 1 is 1.31 bits per heavy atom. The normalized spacial score (nSPS) is 31.6. The average Bonchev–Trinajstić information content (AvgIpc) is 2.26. The number of piperidine rings is 2. The van der Waals surface area contributed by atoms with Crippen molar-refractivity contribution >= 4 is 5.91 Å². The van der Waals surface area contributed by atoms with Crippen molar-refractivity contribution < 1.29 is 4.79 Å². The van der Waals surface area contributed by atoms with E-state index in [1.54, 1.807) is 0 Å². The maximum absolute atomic E-state index is 12.2. The van der Waals surface area contributed by atoms with Crippen LogP contribution in [0.1, 0.15) is 20.3 Å².